The Hall–Kier alpha value is -1.03. The van der Waals surface area contributed by atoms with Crippen molar-refractivity contribution in [2.45, 2.75) is 6.42 Å². The molecule has 1 saturated heterocycles. The van der Waals surface area contributed by atoms with Crippen LogP contribution < -0.4 is 5.32 Å². The average Bonchev–Trinajstić information content (AvgIpc) is 2.42. The first kappa shape index (κ1) is 10.1. The Bertz CT molecular complexity index is 184. The van der Waals surface area contributed by atoms with Crippen LogP contribution in [-0.4, -0.2) is 44.2 Å². The van der Waals surface area contributed by atoms with Crippen molar-refractivity contribution in [1.29, 1.82) is 0 Å². The van der Waals surface area contributed by atoms with Gasteiger partial charge in [0.1, 0.15) is 0 Å². The zero-order valence-electron chi connectivity index (χ0n) is 7.95. The quantitative estimate of drug-likeness (QED) is 0.483. The van der Waals surface area contributed by atoms with Crippen LogP contribution in [0.5, 0.6) is 0 Å². The summed E-state index contributed by atoms with van der Waals surface area (Å²) < 4.78 is 4.50. The number of hydrogen-bond donors (Lipinski definition) is 1. The van der Waals surface area contributed by atoms with E-state index < -0.39 is 0 Å². The van der Waals surface area contributed by atoms with Gasteiger partial charge in [-0.25, -0.2) is 4.79 Å². The maximum Gasteiger partial charge on any atom is 0.331 e. The number of rotatable bonds is 2. The number of nitrogens with zero attached hydrogens (tertiary/aromatic N) is 1. The van der Waals surface area contributed by atoms with Gasteiger partial charge in [0.2, 0.25) is 0 Å². The van der Waals surface area contributed by atoms with E-state index in [-0.39, 0.29) is 5.97 Å². The van der Waals surface area contributed by atoms with E-state index in [4.69, 9.17) is 0 Å². The molecule has 0 radical (unpaired) electrons. The molecule has 13 heavy (non-hydrogen) atoms. The van der Waals surface area contributed by atoms with E-state index in [9.17, 15) is 4.79 Å². The van der Waals surface area contributed by atoms with Crippen LogP contribution in [0.1, 0.15) is 6.42 Å². The Morgan fingerprint density at radius 2 is 2.31 bits per heavy atom. The summed E-state index contributed by atoms with van der Waals surface area (Å²) in [5, 5.41) is 3.29. The number of esters is 1. The molecule has 0 unspecified atom stereocenters. The highest BCUT2D eigenvalue weighted by molar-refractivity contribution is 5.81. The van der Waals surface area contributed by atoms with Gasteiger partial charge in [0.25, 0.3) is 0 Å². The van der Waals surface area contributed by atoms with Gasteiger partial charge in [-0.05, 0) is 13.0 Å². The Labute approximate surface area is 78.5 Å². The van der Waals surface area contributed by atoms with E-state index in [1.165, 1.54) is 13.2 Å². The molecule has 0 amide bonds. The molecule has 0 saturated carbocycles. The SMILES string of the molecule is COC(=O)C=CN1CCCNCC1. The standard InChI is InChI=1S/C9H16N2O2/c1-13-9(12)3-7-11-6-2-4-10-5-8-11/h3,7,10H,2,4-6,8H2,1H3. The fourth-order valence-electron chi connectivity index (χ4n) is 1.25. The number of ether oxygens (including phenoxy) is 1. The molecule has 74 valence electrons. The number of hydrogen-bond acceptors (Lipinski definition) is 4. The van der Waals surface area contributed by atoms with Gasteiger partial charge in [-0.3, -0.25) is 0 Å². The minimum Gasteiger partial charge on any atom is -0.466 e. The molecular weight excluding hydrogens is 168 g/mol. The molecule has 1 aliphatic rings. The fraction of sp³-hybridized carbons (Fsp3) is 0.667. The van der Waals surface area contributed by atoms with E-state index in [0.29, 0.717) is 0 Å². The third-order valence-corrected chi connectivity index (χ3v) is 2.00. The number of carbonyl (C=O) groups excluding carboxylic acids is 1. The molecule has 0 aromatic rings. The molecule has 0 aromatic carbocycles. The zero-order chi connectivity index (χ0) is 9.52. The van der Waals surface area contributed by atoms with Crippen molar-refractivity contribution in [3.8, 4) is 0 Å². The predicted octanol–water partition coefficient (Wildman–Crippen LogP) is -0.0316. The van der Waals surface area contributed by atoms with Crippen molar-refractivity contribution in [3.63, 3.8) is 0 Å². The van der Waals surface area contributed by atoms with Gasteiger partial charge < -0.3 is 15.0 Å². The molecule has 1 aliphatic heterocycles. The summed E-state index contributed by atoms with van der Waals surface area (Å²) in [5.74, 6) is -0.294. The van der Waals surface area contributed by atoms with Crippen LogP contribution in [0.4, 0.5) is 0 Å². The summed E-state index contributed by atoms with van der Waals surface area (Å²) in [6.45, 7) is 3.99. The molecule has 0 aromatic heterocycles. The largest absolute Gasteiger partial charge is 0.466 e. The summed E-state index contributed by atoms with van der Waals surface area (Å²) in [5.41, 5.74) is 0. The van der Waals surface area contributed by atoms with Gasteiger partial charge >= 0.3 is 5.97 Å². The zero-order valence-corrected chi connectivity index (χ0v) is 7.95. The minimum absolute atomic E-state index is 0.294. The maximum absolute atomic E-state index is 10.8. The lowest BCUT2D eigenvalue weighted by atomic mass is 10.4. The molecule has 0 spiro atoms. The smallest absolute Gasteiger partial charge is 0.331 e. The molecule has 0 bridgehead atoms. The van der Waals surface area contributed by atoms with Gasteiger partial charge in [0.15, 0.2) is 0 Å². The van der Waals surface area contributed by atoms with Gasteiger partial charge in [-0.1, -0.05) is 0 Å². The summed E-state index contributed by atoms with van der Waals surface area (Å²) in [7, 11) is 1.39. The summed E-state index contributed by atoms with van der Waals surface area (Å²) >= 11 is 0. The number of nitrogens with one attached hydrogen (secondary N) is 1. The van der Waals surface area contributed by atoms with Crippen molar-refractivity contribution >= 4 is 5.97 Å². The summed E-state index contributed by atoms with van der Waals surface area (Å²) in [6, 6.07) is 0. The molecule has 1 rings (SSSR count). The lowest BCUT2D eigenvalue weighted by molar-refractivity contribution is -0.134. The van der Waals surface area contributed by atoms with Crippen LogP contribution in [0.2, 0.25) is 0 Å². The second-order valence-electron chi connectivity index (χ2n) is 2.98. The lowest BCUT2D eigenvalue weighted by Gasteiger charge is -2.15. The molecular formula is C9H16N2O2. The maximum atomic E-state index is 10.8. The first-order valence-electron chi connectivity index (χ1n) is 4.54. The van der Waals surface area contributed by atoms with Crippen LogP contribution in [0.3, 0.4) is 0 Å². The molecule has 1 heterocycles. The Kier molecular flexibility index (Phi) is 4.32. The average molecular weight is 184 g/mol. The van der Waals surface area contributed by atoms with Crippen molar-refractivity contribution in [2.75, 3.05) is 33.3 Å². The van der Waals surface area contributed by atoms with Crippen molar-refractivity contribution in [1.82, 2.24) is 10.2 Å². The molecule has 0 aliphatic carbocycles. The summed E-state index contributed by atoms with van der Waals surface area (Å²) in [4.78, 5) is 12.9. The molecule has 1 fully saturated rings. The number of carbonyl (C=O) groups is 1. The Morgan fingerprint density at radius 1 is 1.46 bits per heavy atom. The minimum atomic E-state index is -0.294. The van der Waals surface area contributed by atoms with Gasteiger partial charge in [-0.2, -0.15) is 0 Å². The predicted molar refractivity (Wildman–Crippen MR) is 50.2 cm³/mol. The Balaban J connectivity index is 2.33. The van der Waals surface area contributed by atoms with Crippen LogP contribution in [-0.2, 0) is 9.53 Å². The molecule has 4 heteroatoms. The second kappa shape index (κ2) is 5.59. The van der Waals surface area contributed by atoms with Crippen LogP contribution in [0.25, 0.3) is 0 Å². The van der Waals surface area contributed by atoms with Crippen molar-refractivity contribution in [2.24, 2.45) is 0 Å². The highest BCUT2D eigenvalue weighted by Gasteiger charge is 2.03. The Morgan fingerprint density at radius 3 is 3.08 bits per heavy atom. The third-order valence-electron chi connectivity index (χ3n) is 2.00. The van der Waals surface area contributed by atoms with E-state index in [1.807, 2.05) is 0 Å². The van der Waals surface area contributed by atoms with E-state index in [2.05, 4.69) is 15.0 Å². The first-order valence-corrected chi connectivity index (χ1v) is 4.54. The first-order chi connectivity index (χ1) is 6.33. The highest BCUT2D eigenvalue weighted by atomic mass is 16.5. The van der Waals surface area contributed by atoms with Crippen molar-refractivity contribution < 1.29 is 9.53 Å². The van der Waals surface area contributed by atoms with Gasteiger partial charge in [0.05, 0.1) is 7.11 Å². The topological polar surface area (TPSA) is 41.6 Å². The normalized spacial score (nSPS) is 18.7. The molecule has 1 N–H and O–H groups in total. The van der Waals surface area contributed by atoms with E-state index in [0.717, 1.165) is 32.6 Å². The lowest BCUT2D eigenvalue weighted by Crippen LogP contribution is -2.23. The third kappa shape index (κ3) is 3.94. The fourth-order valence-corrected chi connectivity index (χ4v) is 1.25. The van der Waals surface area contributed by atoms with Crippen LogP contribution in [0.15, 0.2) is 12.3 Å². The molecule has 0 atom stereocenters. The van der Waals surface area contributed by atoms with E-state index in [1.54, 1.807) is 6.20 Å². The second-order valence-corrected chi connectivity index (χ2v) is 2.98. The van der Waals surface area contributed by atoms with Crippen LogP contribution >= 0.6 is 0 Å². The monoisotopic (exact) mass is 184 g/mol. The number of methoxy groups -OCH3 is 1. The van der Waals surface area contributed by atoms with Gasteiger partial charge in [-0.15, -0.1) is 0 Å². The van der Waals surface area contributed by atoms with E-state index >= 15 is 0 Å². The van der Waals surface area contributed by atoms with Crippen molar-refractivity contribution in [3.05, 3.63) is 12.3 Å². The highest BCUT2D eigenvalue weighted by Crippen LogP contribution is 1.96. The summed E-state index contributed by atoms with van der Waals surface area (Å²) in [6.07, 6.45) is 4.38. The molecule has 4 nitrogen and oxygen atoms in total. The van der Waals surface area contributed by atoms with Gasteiger partial charge in [0, 0.05) is 31.9 Å². The van der Waals surface area contributed by atoms with Crippen LogP contribution in [0, 0.1) is 0 Å².